The molecule has 2 aromatic carbocycles. The minimum atomic E-state index is -3.52. The Morgan fingerprint density at radius 2 is 1.68 bits per heavy atom. The Bertz CT molecular complexity index is 924. The van der Waals surface area contributed by atoms with Crippen LogP contribution in [0, 0.1) is 12.7 Å². The van der Waals surface area contributed by atoms with Crippen molar-refractivity contribution in [3.05, 3.63) is 65.5 Å². The molecule has 1 heterocycles. The zero-order valence-electron chi connectivity index (χ0n) is 15.8. The van der Waals surface area contributed by atoms with Crippen molar-refractivity contribution in [1.82, 2.24) is 14.5 Å². The third kappa shape index (κ3) is 4.95. The van der Waals surface area contributed by atoms with E-state index in [-0.39, 0.29) is 29.7 Å². The molecule has 0 spiro atoms. The predicted molar refractivity (Wildman–Crippen MR) is 105 cm³/mol. The van der Waals surface area contributed by atoms with Crippen molar-refractivity contribution in [3.63, 3.8) is 0 Å². The van der Waals surface area contributed by atoms with Crippen LogP contribution in [0.25, 0.3) is 0 Å². The number of hydrogen-bond donors (Lipinski definition) is 1. The van der Waals surface area contributed by atoms with Gasteiger partial charge in [0.25, 0.3) is 0 Å². The average Bonchev–Trinajstić information content (AvgIpc) is 2.68. The minimum absolute atomic E-state index is 0.132. The van der Waals surface area contributed by atoms with E-state index in [1.807, 2.05) is 11.8 Å². The van der Waals surface area contributed by atoms with Crippen molar-refractivity contribution < 1.29 is 17.6 Å². The summed E-state index contributed by atoms with van der Waals surface area (Å²) in [5, 5.41) is 2.71. The van der Waals surface area contributed by atoms with Gasteiger partial charge < -0.3 is 5.32 Å². The van der Waals surface area contributed by atoms with E-state index < -0.39 is 10.0 Å². The fourth-order valence-electron chi connectivity index (χ4n) is 3.08. The molecular weight excluding hydrogens is 381 g/mol. The van der Waals surface area contributed by atoms with Gasteiger partial charge in [0, 0.05) is 38.3 Å². The van der Waals surface area contributed by atoms with Crippen LogP contribution in [0.3, 0.4) is 0 Å². The summed E-state index contributed by atoms with van der Waals surface area (Å²) in [5.41, 5.74) is 1.44. The molecule has 28 heavy (non-hydrogen) atoms. The molecule has 0 atom stereocenters. The first-order valence-corrected chi connectivity index (χ1v) is 10.6. The summed E-state index contributed by atoms with van der Waals surface area (Å²) in [5.74, 6) is -0.559. The van der Waals surface area contributed by atoms with E-state index in [4.69, 9.17) is 0 Å². The number of carbonyl (C=O) groups is 1. The average molecular weight is 405 g/mol. The molecule has 1 aliphatic rings. The van der Waals surface area contributed by atoms with Crippen LogP contribution in [0.1, 0.15) is 11.1 Å². The summed E-state index contributed by atoms with van der Waals surface area (Å²) in [6, 6.07) is 13.1. The minimum Gasteiger partial charge on any atom is -0.351 e. The fourth-order valence-corrected chi connectivity index (χ4v) is 4.50. The molecule has 0 aliphatic carbocycles. The van der Waals surface area contributed by atoms with Gasteiger partial charge in [0.15, 0.2) is 0 Å². The second-order valence-corrected chi connectivity index (χ2v) is 8.80. The quantitative estimate of drug-likeness (QED) is 0.795. The Hall–Kier alpha value is -2.29. The Morgan fingerprint density at radius 1 is 1.04 bits per heavy atom. The topological polar surface area (TPSA) is 69.7 Å². The summed E-state index contributed by atoms with van der Waals surface area (Å²) in [4.78, 5) is 14.3. The van der Waals surface area contributed by atoms with E-state index in [0.29, 0.717) is 31.7 Å². The van der Waals surface area contributed by atoms with Crippen LogP contribution in [-0.2, 0) is 21.4 Å². The molecule has 150 valence electrons. The van der Waals surface area contributed by atoms with Crippen molar-refractivity contribution >= 4 is 15.9 Å². The second kappa shape index (κ2) is 8.81. The third-order valence-electron chi connectivity index (χ3n) is 4.79. The molecule has 2 aromatic rings. The second-order valence-electron chi connectivity index (χ2n) is 6.86. The Kier molecular flexibility index (Phi) is 6.43. The van der Waals surface area contributed by atoms with E-state index in [1.165, 1.54) is 10.4 Å². The number of piperazine rings is 1. The molecule has 1 amide bonds. The van der Waals surface area contributed by atoms with Crippen molar-refractivity contribution in [3.8, 4) is 0 Å². The van der Waals surface area contributed by atoms with Gasteiger partial charge in [-0.25, -0.2) is 12.8 Å². The van der Waals surface area contributed by atoms with Crippen molar-refractivity contribution in [2.24, 2.45) is 0 Å². The summed E-state index contributed by atoms with van der Waals surface area (Å²) in [7, 11) is -3.52. The number of halogens is 1. The smallest absolute Gasteiger partial charge is 0.243 e. The molecule has 8 heteroatoms. The number of aryl methyl sites for hydroxylation is 1. The molecular formula is C20H24FN3O3S. The number of amides is 1. The van der Waals surface area contributed by atoms with E-state index in [9.17, 15) is 17.6 Å². The Balaban J connectivity index is 1.49. The number of hydrogen-bond acceptors (Lipinski definition) is 4. The normalized spacial score (nSPS) is 16.1. The third-order valence-corrected chi connectivity index (χ3v) is 6.70. The van der Waals surface area contributed by atoms with Crippen LogP contribution in [0.15, 0.2) is 53.4 Å². The number of nitrogens with one attached hydrogen (secondary N) is 1. The molecule has 0 aromatic heterocycles. The van der Waals surface area contributed by atoms with Gasteiger partial charge in [-0.2, -0.15) is 4.31 Å². The van der Waals surface area contributed by atoms with Crippen LogP contribution in [0.2, 0.25) is 0 Å². The monoisotopic (exact) mass is 405 g/mol. The van der Waals surface area contributed by atoms with Crippen LogP contribution >= 0.6 is 0 Å². The number of sulfonamides is 1. The summed E-state index contributed by atoms with van der Waals surface area (Å²) >= 11 is 0. The highest BCUT2D eigenvalue weighted by atomic mass is 32.2. The van der Waals surface area contributed by atoms with Crippen LogP contribution in [0.4, 0.5) is 4.39 Å². The summed E-state index contributed by atoms with van der Waals surface area (Å²) in [6.45, 7) is 3.80. The lowest BCUT2D eigenvalue weighted by atomic mass is 10.2. The van der Waals surface area contributed by atoms with Crippen LogP contribution in [0.5, 0.6) is 0 Å². The number of carbonyl (C=O) groups excluding carboxylic acids is 1. The SMILES string of the molecule is Cc1ccc(S(=O)(=O)N2CCN(CC(=O)NCc3ccccc3F)CC2)cc1. The highest BCUT2D eigenvalue weighted by Crippen LogP contribution is 2.18. The molecule has 1 aliphatic heterocycles. The van der Waals surface area contributed by atoms with E-state index in [2.05, 4.69) is 5.32 Å². The van der Waals surface area contributed by atoms with Crippen molar-refractivity contribution in [1.29, 1.82) is 0 Å². The Labute approximate surface area is 165 Å². The summed E-state index contributed by atoms with van der Waals surface area (Å²) < 4.78 is 40.5. The lowest BCUT2D eigenvalue weighted by Crippen LogP contribution is -2.51. The standard InChI is InChI=1S/C20H24FN3O3S/c1-16-6-8-18(9-7-16)28(26,27)24-12-10-23(11-13-24)15-20(25)22-14-17-4-2-3-5-19(17)21/h2-9H,10-15H2,1H3,(H,22,25). The molecule has 1 N–H and O–H groups in total. The molecule has 0 unspecified atom stereocenters. The molecule has 1 saturated heterocycles. The van der Waals surface area contributed by atoms with Gasteiger partial charge in [0.1, 0.15) is 5.82 Å². The zero-order valence-corrected chi connectivity index (χ0v) is 16.6. The molecule has 1 fully saturated rings. The van der Waals surface area contributed by atoms with Gasteiger partial charge in [-0.15, -0.1) is 0 Å². The number of nitrogens with zero attached hydrogens (tertiary/aromatic N) is 2. The lowest BCUT2D eigenvalue weighted by Gasteiger charge is -2.33. The maximum atomic E-state index is 13.6. The van der Waals surface area contributed by atoms with Crippen molar-refractivity contribution in [2.45, 2.75) is 18.4 Å². The van der Waals surface area contributed by atoms with Crippen LogP contribution in [-0.4, -0.2) is 56.3 Å². The first-order valence-electron chi connectivity index (χ1n) is 9.15. The fraction of sp³-hybridized carbons (Fsp3) is 0.350. The van der Waals surface area contributed by atoms with Gasteiger partial charge >= 0.3 is 0 Å². The largest absolute Gasteiger partial charge is 0.351 e. The predicted octanol–water partition coefficient (Wildman–Crippen LogP) is 1.76. The highest BCUT2D eigenvalue weighted by molar-refractivity contribution is 7.89. The molecule has 0 saturated carbocycles. The maximum absolute atomic E-state index is 13.6. The van der Waals surface area contributed by atoms with E-state index >= 15 is 0 Å². The number of rotatable bonds is 6. The van der Waals surface area contributed by atoms with Crippen molar-refractivity contribution in [2.75, 3.05) is 32.7 Å². The van der Waals surface area contributed by atoms with E-state index in [0.717, 1.165) is 5.56 Å². The van der Waals surface area contributed by atoms with Gasteiger partial charge in [-0.05, 0) is 25.1 Å². The lowest BCUT2D eigenvalue weighted by molar-refractivity contribution is -0.122. The van der Waals surface area contributed by atoms with Gasteiger partial charge in [0.2, 0.25) is 15.9 Å². The highest BCUT2D eigenvalue weighted by Gasteiger charge is 2.28. The zero-order chi connectivity index (χ0) is 20.1. The van der Waals surface area contributed by atoms with E-state index in [1.54, 1.807) is 42.5 Å². The Morgan fingerprint density at radius 3 is 2.32 bits per heavy atom. The first kappa shape index (κ1) is 20.4. The summed E-state index contributed by atoms with van der Waals surface area (Å²) in [6.07, 6.45) is 0. The first-order chi connectivity index (χ1) is 13.4. The van der Waals surface area contributed by atoms with Gasteiger partial charge in [0.05, 0.1) is 11.4 Å². The maximum Gasteiger partial charge on any atom is 0.243 e. The molecule has 0 bridgehead atoms. The molecule has 6 nitrogen and oxygen atoms in total. The number of benzene rings is 2. The van der Waals surface area contributed by atoms with Gasteiger partial charge in [-0.1, -0.05) is 35.9 Å². The van der Waals surface area contributed by atoms with Gasteiger partial charge in [-0.3, -0.25) is 9.69 Å². The molecule has 0 radical (unpaired) electrons. The molecule has 3 rings (SSSR count). The van der Waals surface area contributed by atoms with Crippen LogP contribution < -0.4 is 5.32 Å².